The quantitative estimate of drug-likeness (QED) is 0.793. The Morgan fingerprint density at radius 3 is 2.61 bits per heavy atom. The van der Waals surface area contributed by atoms with Crippen molar-refractivity contribution >= 4 is 23.3 Å². The number of rotatable bonds is 4. The number of alkyl halides is 1. The maximum absolute atomic E-state index is 11.9. The summed E-state index contributed by atoms with van der Waals surface area (Å²) in [5.41, 5.74) is 1.04. The molecule has 0 spiro atoms. The van der Waals surface area contributed by atoms with E-state index in [1.807, 2.05) is 37.4 Å². The third kappa shape index (κ3) is 2.90. The molecule has 0 atom stereocenters. The molecule has 1 amide bonds. The molecule has 0 aliphatic rings. The third-order valence-corrected chi connectivity index (χ3v) is 2.80. The van der Waals surface area contributed by atoms with Gasteiger partial charge < -0.3 is 0 Å². The number of halogens is 1. The Hall–Kier alpha value is -1.81. The topological polar surface area (TPSA) is 38.1 Å². The Balaban J connectivity index is 2.24. The van der Waals surface area contributed by atoms with E-state index in [2.05, 4.69) is 5.10 Å². The molecular formula is C13H14ClN3O. The number of benzene rings is 1. The van der Waals surface area contributed by atoms with Crippen molar-refractivity contribution in [3.05, 3.63) is 48.2 Å². The summed E-state index contributed by atoms with van der Waals surface area (Å²) in [7, 11) is 1.81. The molecule has 2 aromatic rings. The number of anilines is 1. The second kappa shape index (κ2) is 5.69. The number of amides is 1. The molecule has 1 aromatic heterocycles. The summed E-state index contributed by atoms with van der Waals surface area (Å²) in [6, 6.07) is 11.6. The molecule has 0 saturated carbocycles. The van der Waals surface area contributed by atoms with E-state index in [-0.39, 0.29) is 11.8 Å². The summed E-state index contributed by atoms with van der Waals surface area (Å²) in [6.45, 7) is 0.476. The van der Waals surface area contributed by atoms with Crippen LogP contribution in [0, 0.1) is 0 Å². The number of hydrogen-bond acceptors (Lipinski definition) is 2. The summed E-state index contributed by atoms with van der Waals surface area (Å²) in [6.07, 6.45) is 1.80. The van der Waals surface area contributed by atoms with Crippen LogP contribution in [0.2, 0.25) is 0 Å². The van der Waals surface area contributed by atoms with Gasteiger partial charge in [0.05, 0.1) is 6.54 Å². The zero-order valence-corrected chi connectivity index (χ0v) is 10.8. The van der Waals surface area contributed by atoms with Crippen LogP contribution >= 0.6 is 11.6 Å². The molecule has 1 heterocycles. The Morgan fingerprint density at radius 1 is 1.33 bits per heavy atom. The first-order chi connectivity index (χ1) is 8.70. The smallest absolute Gasteiger partial charge is 0.243 e. The molecule has 0 bridgehead atoms. The zero-order valence-electron chi connectivity index (χ0n) is 10.1. The van der Waals surface area contributed by atoms with Crippen LogP contribution in [0.1, 0.15) is 5.56 Å². The molecule has 0 N–H and O–H groups in total. The predicted octanol–water partition coefficient (Wildman–Crippen LogP) is 2.19. The van der Waals surface area contributed by atoms with E-state index < -0.39 is 0 Å². The largest absolute Gasteiger partial charge is 0.290 e. The molecule has 18 heavy (non-hydrogen) atoms. The lowest BCUT2D eigenvalue weighted by Crippen LogP contribution is -2.31. The van der Waals surface area contributed by atoms with Crippen LogP contribution in [-0.2, 0) is 18.4 Å². The van der Waals surface area contributed by atoms with Crippen LogP contribution in [0.4, 0.5) is 5.82 Å². The minimum absolute atomic E-state index is 0.0522. The second-order valence-corrected chi connectivity index (χ2v) is 4.21. The van der Waals surface area contributed by atoms with Crippen molar-refractivity contribution in [3.63, 3.8) is 0 Å². The second-order valence-electron chi connectivity index (χ2n) is 3.95. The van der Waals surface area contributed by atoms with E-state index in [1.54, 1.807) is 21.8 Å². The van der Waals surface area contributed by atoms with Gasteiger partial charge in [0.1, 0.15) is 5.88 Å². The highest BCUT2D eigenvalue weighted by molar-refractivity contribution is 6.29. The molecular weight excluding hydrogens is 250 g/mol. The van der Waals surface area contributed by atoms with E-state index in [0.717, 1.165) is 5.56 Å². The molecule has 94 valence electrons. The molecule has 5 heteroatoms. The Kier molecular flexibility index (Phi) is 3.99. The predicted molar refractivity (Wildman–Crippen MR) is 71.6 cm³/mol. The van der Waals surface area contributed by atoms with Gasteiger partial charge >= 0.3 is 0 Å². The van der Waals surface area contributed by atoms with Gasteiger partial charge in [-0.15, -0.1) is 11.6 Å². The van der Waals surface area contributed by atoms with E-state index in [1.165, 1.54) is 0 Å². The first-order valence-electron chi connectivity index (χ1n) is 5.60. The van der Waals surface area contributed by atoms with Crippen molar-refractivity contribution in [1.82, 2.24) is 9.78 Å². The number of aryl methyl sites for hydroxylation is 1. The molecule has 0 saturated heterocycles. The summed E-state index contributed by atoms with van der Waals surface area (Å²) >= 11 is 5.64. The summed E-state index contributed by atoms with van der Waals surface area (Å²) in [4.78, 5) is 13.5. The normalized spacial score (nSPS) is 10.3. The van der Waals surface area contributed by atoms with E-state index >= 15 is 0 Å². The fraction of sp³-hybridized carbons (Fsp3) is 0.231. The van der Waals surface area contributed by atoms with Crippen molar-refractivity contribution in [2.75, 3.05) is 10.8 Å². The summed E-state index contributed by atoms with van der Waals surface area (Å²) in [5.74, 6) is 0.412. The van der Waals surface area contributed by atoms with Crippen LogP contribution in [-0.4, -0.2) is 21.6 Å². The average Bonchev–Trinajstić information content (AvgIpc) is 2.83. The highest BCUT2D eigenvalue weighted by Gasteiger charge is 2.17. The summed E-state index contributed by atoms with van der Waals surface area (Å²) in [5, 5.41) is 4.24. The minimum atomic E-state index is -0.154. The molecule has 1 aromatic carbocycles. The molecule has 4 nitrogen and oxygen atoms in total. The first-order valence-corrected chi connectivity index (χ1v) is 6.14. The Labute approximate surface area is 111 Å². The van der Waals surface area contributed by atoms with Crippen molar-refractivity contribution in [3.8, 4) is 0 Å². The van der Waals surface area contributed by atoms with Gasteiger partial charge in [-0.3, -0.25) is 14.4 Å². The Morgan fingerprint density at radius 2 is 2.06 bits per heavy atom. The van der Waals surface area contributed by atoms with Gasteiger partial charge in [0.2, 0.25) is 5.91 Å². The first kappa shape index (κ1) is 12.6. The Bertz CT molecular complexity index is 524. The molecule has 0 aliphatic heterocycles. The van der Waals surface area contributed by atoms with Gasteiger partial charge in [-0.05, 0) is 5.56 Å². The van der Waals surface area contributed by atoms with E-state index in [0.29, 0.717) is 12.4 Å². The fourth-order valence-corrected chi connectivity index (χ4v) is 1.83. The number of carbonyl (C=O) groups excluding carboxylic acids is 1. The van der Waals surface area contributed by atoms with Gasteiger partial charge in [0, 0.05) is 19.3 Å². The van der Waals surface area contributed by atoms with Crippen LogP contribution in [0.15, 0.2) is 42.6 Å². The van der Waals surface area contributed by atoms with Gasteiger partial charge in [-0.2, -0.15) is 5.10 Å². The van der Waals surface area contributed by atoms with Gasteiger partial charge in [-0.1, -0.05) is 30.3 Å². The SMILES string of the molecule is Cn1ccc(N(Cc2ccccc2)C(=O)CCl)n1. The standard InChI is InChI=1S/C13H14ClN3O/c1-16-8-7-12(15-16)17(13(18)9-14)10-11-5-3-2-4-6-11/h2-8H,9-10H2,1H3. The highest BCUT2D eigenvalue weighted by atomic mass is 35.5. The van der Waals surface area contributed by atoms with Crippen molar-refractivity contribution in [2.24, 2.45) is 7.05 Å². The summed E-state index contributed by atoms with van der Waals surface area (Å²) < 4.78 is 1.66. The van der Waals surface area contributed by atoms with E-state index in [9.17, 15) is 4.79 Å². The van der Waals surface area contributed by atoms with Crippen molar-refractivity contribution < 1.29 is 4.79 Å². The van der Waals surface area contributed by atoms with Gasteiger partial charge in [0.25, 0.3) is 0 Å². The van der Waals surface area contributed by atoms with Crippen molar-refractivity contribution in [1.29, 1.82) is 0 Å². The van der Waals surface area contributed by atoms with Crippen LogP contribution in [0.25, 0.3) is 0 Å². The number of hydrogen-bond donors (Lipinski definition) is 0. The van der Waals surface area contributed by atoms with Gasteiger partial charge in [0.15, 0.2) is 5.82 Å². The zero-order chi connectivity index (χ0) is 13.0. The van der Waals surface area contributed by atoms with Crippen molar-refractivity contribution in [2.45, 2.75) is 6.54 Å². The van der Waals surface area contributed by atoms with Crippen LogP contribution in [0.3, 0.4) is 0 Å². The molecule has 0 fully saturated rings. The fourth-order valence-electron chi connectivity index (χ4n) is 1.68. The number of aromatic nitrogens is 2. The van der Waals surface area contributed by atoms with Crippen LogP contribution in [0.5, 0.6) is 0 Å². The van der Waals surface area contributed by atoms with Gasteiger partial charge in [-0.25, -0.2) is 0 Å². The average molecular weight is 264 g/mol. The number of carbonyl (C=O) groups is 1. The molecule has 0 unspecified atom stereocenters. The molecule has 0 radical (unpaired) electrons. The maximum Gasteiger partial charge on any atom is 0.243 e. The minimum Gasteiger partial charge on any atom is -0.290 e. The molecule has 0 aliphatic carbocycles. The lowest BCUT2D eigenvalue weighted by molar-refractivity contribution is -0.116. The lowest BCUT2D eigenvalue weighted by atomic mass is 10.2. The molecule has 2 rings (SSSR count). The van der Waals surface area contributed by atoms with Crippen LogP contribution < -0.4 is 4.90 Å². The third-order valence-electron chi connectivity index (χ3n) is 2.57. The lowest BCUT2D eigenvalue weighted by Gasteiger charge is -2.19. The maximum atomic E-state index is 11.9. The van der Waals surface area contributed by atoms with E-state index in [4.69, 9.17) is 11.6 Å². The monoisotopic (exact) mass is 263 g/mol. The number of nitrogens with zero attached hydrogens (tertiary/aromatic N) is 3. The highest BCUT2D eigenvalue weighted by Crippen LogP contribution is 2.15.